The zero-order chi connectivity index (χ0) is 13.4. The fraction of sp³-hybridized carbons (Fsp3) is 0.625. The van der Waals surface area contributed by atoms with E-state index in [1.807, 2.05) is 12.1 Å². The Morgan fingerprint density at radius 3 is 2.33 bits per heavy atom. The molecule has 0 aliphatic carbocycles. The second-order valence-electron chi connectivity index (χ2n) is 5.14. The zero-order valence-electron chi connectivity index (χ0n) is 11.7. The summed E-state index contributed by atoms with van der Waals surface area (Å²) in [4.78, 5) is 0. The smallest absolute Gasteiger partial charge is 0.123 e. The highest BCUT2D eigenvalue weighted by Crippen LogP contribution is 2.27. The zero-order valence-corrected chi connectivity index (χ0v) is 11.7. The lowest BCUT2D eigenvalue weighted by molar-refractivity contribution is 0.387. The van der Waals surface area contributed by atoms with Crippen molar-refractivity contribution in [2.24, 2.45) is 11.7 Å². The van der Waals surface area contributed by atoms with Gasteiger partial charge in [0.2, 0.25) is 0 Å². The van der Waals surface area contributed by atoms with E-state index < -0.39 is 0 Å². The van der Waals surface area contributed by atoms with Gasteiger partial charge in [-0.2, -0.15) is 0 Å². The molecule has 1 rings (SSSR count). The average Bonchev–Trinajstić information content (AvgIpc) is 2.40. The Balaban J connectivity index is 2.62. The van der Waals surface area contributed by atoms with Crippen molar-refractivity contribution in [3.63, 3.8) is 0 Å². The molecule has 0 saturated carbocycles. The molecule has 0 heterocycles. The van der Waals surface area contributed by atoms with E-state index in [0.717, 1.165) is 12.3 Å². The first kappa shape index (κ1) is 15.2. The maximum absolute atomic E-state index is 12.9. The van der Waals surface area contributed by atoms with E-state index in [4.69, 9.17) is 5.73 Å². The van der Waals surface area contributed by atoms with Gasteiger partial charge >= 0.3 is 0 Å². The molecule has 2 N–H and O–H groups in total. The average molecular weight is 251 g/mol. The van der Waals surface area contributed by atoms with Crippen molar-refractivity contribution in [2.45, 2.75) is 51.9 Å². The molecule has 0 aliphatic heterocycles. The molecule has 1 aromatic rings. The van der Waals surface area contributed by atoms with Crippen molar-refractivity contribution >= 4 is 0 Å². The summed E-state index contributed by atoms with van der Waals surface area (Å²) in [6.07, 6.45) is 6.15. The Hall–Kier alpha value is -0.890. The summed E-state index contributed by atoms with van der Waals surface area (Å²) < 4.78 is 12.9. The highest BCUT2D eigenvalue weighted by atomic mass is 19.1. The fourth-order valence-corrected chi connectivity index (χ4v) is 2.49. The van der Waals surface area contributed by atoms with Gasteiger partial charge in [-0.1, -0.05) is 51.7 Å². The molecule has 0 fully saturated rings. The van der Waals surface area contributed by atoms with Crippen molar-refractivity contribution in [1.82, 2.24) is 0 Å². The lowest BCUT2D eigenvalue weighted by Crippen LogP contribution is -2.16. The number of halogens is 1. The minimum absolute atomic E-state index is 0.174. The van der Waals surface area contributed by atoms with E-state index in [0.29, 0.717) is 12.5 Å². The minimum Gasteiger partial charge on any atom is -0.330 e. The third-order valence-corrected chi connectivity index (χ3v) is 3.79. The maximum atomic E-state index is 12.9. The van der Waals surface area contributed by atoms with Gasteiger partial charge in [-0.05, 0) is 42.5 Å². The van der Waals surface area contributed by atoms with Gasteiger partial charge in [0.25, 0.3) is 0 Å². The van der Waals surface area contributed by atoms with Crippen LogP contribution in [0.15, 0.2) is 24.3 Å². The second kappa shape index (κ2) is 8.25. The van der Waals surface area contributed by atoms with Crippen LogP contribution in [0.1, 0.15) is 57.4 Å². The normalized spacial score (nSPS) is 14.4. The fourth-order valence-electron chi connectivity index (χ4n) is 2.49. The molecule has 1 nitrogen and oxygen atoms in total. The molecule has 0 spiro atoms. The number of unbranched alkanes of at least 4 members (excludes halogenated alkanes) is 1. The molecule has 0 radical (unpaired) electrons. The maximum Gasteiger partial charge on any atom is 0.123 e. The highest BCUT2D eigenvalue weighted by Gasteiger charge is 2.15. The Kier molecular flexibility index (Phi) is 6.96. The van der Waals surface area contributed by atoms with Crippen LogP contribution in [0.4, 0.5) is 4.39 Å². The summed E-state index contributed by atoms with van der Waals surface area (Å²) >= 11 is 0. The summed E-state index contributed by atoms with van der Waals surface area (Å²) in [6.45, 7) is 5.12. The van der Waals surface area contributed by atoms with Crippen molar-refractivity contribution in [1.29, 1.82) is 0 Å². The summed E-state index contributed by atoms with van der Waals surface area (Å²) in [5.41, 5.74) is 7.06. The van der Waals surface area contributed by atoms with Crippen molar-refractivity contribution < 1.29 is 4.39 Å². The number of hydrogen-bond donors (Lipinski definition) is 1. The van der Waals surface area contributed by atoms with Crippen molar-refractivity contribution in [2.75, 3.05) is 6.54 Å². The lowest BCUT2D eigenvalue weighted by atomic mass is 9.85. The van der Waals surface area contributed by atoms with Gasteiger partial charge in [0.05, 0.1) is 0 Å². The Bertz CT molecular complexity index is 320. The van der Waals surface area contributed by atoms with Crippen LogP contribution in [0.25, 0.3) is 0 Å². The van der Waals surface area contributed by atoms with Gasteiger partial charge in [-0.15, -0.1) is 0 Å². The molecule has 2 atom stereocenters. The van der Waals surface area contributed by atoms with Crippen LogP contribution in [0.2, 0.25) is 0 Å². The number of nitrogens with two attached hydrogens (primary N) is 1. The molecule has 0 amide bonds. The molecule has 1 aromatic carbocycles. The number of hydrogen-bond acceptors (Lipinski definition) is 1. The first-order valence-corrected chi connectivity index (χ1v) is 7.16. The van der Waals surface area contributed by atoms with E-state index in [-0.39, 0.29) is 5.82 Å². The molecule has 2 heteroatoms. The summed E-state index contributed by atoms with van der Waals surface area (Å²) in [7, 11) is 0. The van der Waals surface area contributed by atoms with Gasteiger partial charge in [0.15, 0.2) is 0 Å². The number of benzene rings is 1. The van der Waals surface area contributed by atoms with Crippen LogP contribution in [0.5, 0.6) is 0 Å². The quantitative estimate of drug-likeness (QED) is 0.724. The Morgan fingerprint density at radius 2 is 1.83 bits per heavy atom. The summed E-state index contributed by atoms with van der Waals surface area (Å²) in [5.74, 6) is 0.934. The van der Waals surface area contributed by atoms with Crippen LogP contribution in [0.3, 0.4) is 0 Å². The SMILES string of the molecule is CCCCC(CC)CC(CN)c1ccc(F)cc1. The van der Waals surface area contributed by atoms with Gasteiger partial charge in [-0.25, -0.2) is 4.39 Å². The van der Waals surface area contributed by atoms with Crippen LogP contribution < -0.4 is 5.73 Å². The molecular formula is C16H26FN. The largest absolute Gasteiger partial charge is 0.330 e. The van der Waals surface area contributed by atoms with E-state index in [2.05, 4.69) is 13.8 Å². The predicted octanol–water partition coefficient (Wildman–Crippen LogP) is 4.47. The molecule has 0 aliphatic rings. The first-order valence-electron chi connectivity index (χ1n) is 7.16. The topological polar surface area (TPSA) is 26.0 Å². The Labute approximate surface area is 111 Å². The molecule has 0 aromatic heterocycles. The molecule has 102 valence electrons. The minimum atomic E-state index is -0.174. The van der Waals surface area contributed by atoms with Crippen molar-refractivity contribution in [3.8, 4) is 0 Å². The third kappa shape index (κ3) is 4.77. The van der Waals surface area contributed by atoms with Crippen molar-refractivity contribution in [3.05, 3.63) is 35.6 Å². The molecule has 2 unspecified atom stereocenters. The van der Waals surface area contributed by atoms with E-state index in [1.165, 1.54) is 43.4 Å². The van der Waals surface area contributed by atoms with Gasteiger partial charge < -0.3 is 5.73 Å². The lowest BCUT2D eigenvalue weighted by Gasteiger charge is -2.22. The van der Waals surface area contributed by atoms with Gasteiger partial charge in [0.1, 0.15) is 5.82 Å². The number of rotatable bonds is 8. The monoisotopic (exact) mass is 251 g/mol. The van der Waals surface area contributed by atoms with Gasteiger partial charge in [-0.3, -0.25) is 0 Å². The standard InChI is InChI=1S/C16H26FN/c1-3-5-6-13(4-2)11-15(12-18)14-7-9-16(17)10-8-14/h7-10,13,15H,3-6,11-12,18H2,1-2H3. The van der Waals surface area contributed by atoms with Crippen LogP contribution in [0, 0.1) is 11.7 Å². The second-order valence-corrected chi connectivity index (χ2v) is 5.14. The van der Waals surface area contributed by atoms with Gasteiger partial charge in [0, 0.05) is 0 Å². The van der Waals surface area contributed by atoms with E-state index >= 15 is 0 Å². The van der Waals surface area contributed by atoms with Crippen LogP contribution in [-0.2, 0) is 0 Å². The third-order valence-electron chi connectivity index (χ3n) is 3.79. The van der Waals surface area contributed by atoms with E-state index in [9.17, 15) is 4.39 Å². The van der Waals surface area contributed by atoms with Crippen LogP contribution >= 0.6 is 0 Å². The molecular weight excluding hydrogens is 225 g/mol. The summed E-state index contributed by atoms with van der Waals surface area (Å²) in [6, 6.07) is 6.81. The molecule has 0 saturated heterocycles. The van der Waals surface area contributed by atoms with E-state index in [1.54, 1.807) is 0 Å². The Morgan fingerprint density at radius 1 is 1.17 bits per heavy atom. The molecule has 18 heavy (non-hydrogen) atoms. The first-order chi connectivity index (χ1) is 8.71. The summed E-state index contributed by atoms with van der Waals surface area (Å²) in [5, 5.41) is 0. The molecule has 0 bridgehead atoms. The highest BCUT2D eigenvalue weighted by molar-refractivity contribution is 5.20. The van der Waals surface area contributed by atoms with Crippen LogP contribution in [-0.4, -0.2) is 6.54 Å². The predicted molar refractivity (Wildman–Crippen MR) is 76.1 cm³/mol.